The number of nitrogens with zero attached hydrogens (tertiary/aromatic N) is 1. The van der Waals surface area contributed by atoms with Crippen LogP contribution in [0.1, 0.15) is 19.8 Å². The van der Waals surface area contributed by atoms with Crippen molar-refractivity contribution in [3.05, 3.63) is 0 Å². The SMILES string of the molecule is CCCNC(=O)N1CCCS(=O)CC1. The van der Waals surface area contributed by atoms with E-state index in [0.717, 1.165) is 31.7 Å². The second-order valence-electron chi connectivity index (χ2n) is 3.42. The highest BCUT2D eigenvalue weighted by Crippen LogP contribution is 2.01. The van der Waals surface area contributed by atoms with Gasteiger partial charge < -0.3 is 10.2 Å². The normalized spacial score (nSPS) is 22.9. The zero-order valence-corrected chi connectivity index (χ0v) is 9.44. The smallest absolute Gasteiger partial charge is 0.317 e. The number of hydrogen-bond acceptors (Lipinski definition) is 2. The van der Waals surface area contributed by atoms with Crippen LogP contribution in [0.15, 0.2) is 0 Å². The van der Waals surface area contributed by atoms with Gasteiger partial charge in [-0.15, -0.1) is 0 Å². The van der Waals surface area contributed by atoms with Crippen molar-refractivity contribution in [1.82, 2.24) is 10.2 Å². The van der Waals surface area contributed by atoms with E-state index in [9.17, 15) is 9.00 Å². The Morgan fingerprint density at radius 3 is 2.93 bits per heavy atom. The van der Waals surface area contributed by atoms with Crippen LogP contribution in [-0.2, 0) is 10.8 Å². The summed E-state index contributed by atoms with van der Waals surface area (Å²) in [6.07, 6.45) is 1.80. The van der Waals surface area contributed by atoms with E-state index in [4.69, 9.17) is 0 Å². The van der Waals surface area contributed by atoms with Crippen LogP contribution in [0.25, 0.3) is 0 Å². The Morgan fingerprint density at radius 2 is 2.21 bits per heavy atom. The molecule has 0 spiro atoms. The minimum atomic E-state index is -0.722. The zero-order chi connectivity index (χ0) is 10.4. The van der Waals surface area contributed by atoms with Gasteiger partial charge in [0.25, 0.3) is 0 Å². The molecule has 82 valence electrons. The Hall–Kier alpha value is -0.580. The first-order valence-electron chi connectivity index (χ1n) is 5.11. The lowest BCUT2D eigenvalue weighted by Gasteiger charge is -2.19. The molecule has 1 N–H and O–H groups in total. The van der Waals surface area contributed by atoms with Gasteiger partial charge >= 0.3 is 6.03 Å². The fourth-order valence-electron chi connectivity index (χ4n) is 1.39. The van der Waals surface area contributed by atoms with Crippen LogP contribution >= 0.6 is 0 Å². The van der Waals surface area contributed by atoms with Gasteiger partial charge in [-0.3, -0.25) is 4.21 Å². The molecule has 4 nitrogen and oxygen atoms in total. The monoisotopic (exact) mass is 218 g/mol. The van der Waals surface area contributed by atoms with Crippen molar-refractivity contribution in [3.63, 3.8) is 0 Å². The molecule has 1 atom stereocenters. The molecule has 1 aliphatic heterocycles. The summed E-state index contributed by atoms with van der Waals surface area (Å²) in [5.74, 6) is 1.36. The van der Waals surface area contributed by atoms with Crippen LogP contribution in [0.3, 0.4) is 0 Å². The quantitative estimate of drug-likeness (QED) is 0.736. The molecular formula is C9H18N2O2S. The van der Waals surface area contributed by atoms with E-state index in [1.165, 1.54) is 0 Å². The number of amides is 2. The molecule has 1 fully saturated rings. The lowest BCUT2D eigenvalue weighted by molar-refractivity contribution is 0.202. The van der Waals surface area contributed by atoms with E-state index in [-0.39, 0.29) is 6.03 Å². The van der Waals surface area contributed by atoms with Crippen molar-refractivity contribution >= 4 is 16.8 Å². The molecule has 0 radical (unpaired) electrons. The van der Waals surface area contributed by atoms with E-state index in [1.807, 2.05) is 6.92 Å². The highest BCUT2D eigenvalue weighted by Gasteiger charge is 2.17. The number of rotatable bonds is 2. The van der Waals surface area contributed by atoms with E-state index < -0.39 is 10.8 Å². The maximum atomic E-state index is 11.5. The third kappa shape index (κ3) is 3.65. The predicted molar refractivity (Wildman–Crippen MR) is 57.8 cm³/mol. The van der Waals surface area contributed by atoms with Crippen molar-refractivity contribution in [3.8, 4) is 0 Å². The van der Waals surface area contributed by atoms with E-state index in [2.05, 4.69) is 5.32 Å². The van der Waals surface area contributed by atoms with Gasteiger partial charge in [0.2, 0.25) is 0 Å². The van der Waals surface area contributed by atoms with Gasteiger partial charge in [0.05, 0.1) is 0 Å². The predicted octanol–water partition coefficient (Wildman–Crippen LogP) is 0.560. The van der Waals surface area contributed by atoms with E-state index in [0.29, 0.717) is 12.3 Å². The lowest BCUT2D eigenvalue weighted by Crippen LogP contribution is -2.41. The summed E-state index contributed by atoms with van der Waals surface area (Å²) < 4.78 is 11.2. The summed E-state index contributed by atoms with van der Waals surface area (Å²) in [5.41, 5.74) is 0. The molecule has 5 heteroatoms. The van der Waals surface area contributed by atoms with Gasteiger partial charge in [-0.1, -0.05) is 6.92 Å². The average Bonchev–Trinajstić information content (AvgIpc) is 2.39. The first-order chi connectivity index (χ1) is 6.74. The fourth-order valence-corrected chi connectivity index (χ4v) is 2.47. The average molecular weight is 218 g/mol. The van der Waals surface area contributed by atoms with Gasteiger partial charge in [0.15, 0.2) is 0 Å². The van der Waals surface area contributed by atoms with Crippen LogP contribution in [0, 0.1) is 0 Å². The van der Waals surface area contributed by atoms with E-state index in [1.54, 1.807) is 4.90 Å². The Morgan fingerprint density at radius 1 is 1.43 bits per heavy atom. The molecule has 0 aromatic rings. The molecule has 0 aromatic heterocycles. The molecule has 1 heterocycles. The number of urea groups is 1. The summed E-state index contributed by atoms with van der Waals surface area (Å²) in [6.45, 7) is 4.11. The van der Waals surface area contributed by atoms with Gasteiger partial charge in [0.1, 0.15) is 0 Å². The second kappa shape index (κ2) is 6.01. The molecule has 0 saturated carbocycles. The van der Waals surface area contributed by atoms with Crippen molar-refractivity contribution in [2.75, 3.05) is 31.1 Å². The minimum Gasteiger partial charge on any atom is -0.338 e. The zero-order valence-electron chi connectivity index (χ0n) is 8.62. The van der Waals surface area contributed by atoms with Crippen LogP contribution in [0.2, 0.25) is 0 Å². The Kier molecular flexibility index (Phi) is 4.93. The number of carbonyl (C=O) groups excluding carboxylic acids is 1. The summed E-state index contributed by atoms with van der Waals surface area (Å²) >= 11 is 0. The highest BCUT2D eigenvalue weighted by molar-refractivity contribution is 7.85. The molecule has 1 unspecified atom stereocenters. The lowest BCUT2D eigenvalue weighted by atomic mass is 10.4. The summed E-state index contributed by atoms with van der Waals surface area (Å²) in [7, 11) is -0.722. The molecule has 1 saturated heterocycles. The molecule has 1 aliphatic rings. The number of hydrogen-bond donors (Lipinski definition) is 1. The highest BCUT2D eigenvalue weighted by atomic mass is 32.2. The van der Waals surface area contributed by atoms with Crippen LogP contribution in [-0.4, -0.2) is 46.3 Å². The molecular weight excluding hydrogens is 200 g/mol. The Bertz CT molecular complexity index is 221. The fraction of sp³-hybridized carbons (Fsp3) is 0.889. The summed E-state index contributed by atoms with van der Waals surface area (Å²) in [5, 5.41) is 2.83. The first kappa shape index (κ1) is 11.5. The molecule has 14 heavy (non-hydrogen) atoms. The minimum absolute atomic E-state index is 0.00856. The van der Waals surface area contributed by atoms with Crippen LogP contribution in [0.5, 0.6) is 0 Å². The largest absolute Gasteiger partial charge is 0.338 e. The number of nitrogens with one attached hydrogen (secondary N) is 1. The molecule has 2 amide bonds. The molecule has 1 rings (SSSR count). The molecule has 0 aromatic carbocycles. The summed E-state index contributed by atoms with van der Waals surface area (Å²) in [6, 6.07) is -0.00856. The maximum absolute atomic E-state index is 11.5. The van der Waals surface area contributed by atoms with Crippen molar-refractivity contribution in [2.24, 2.45) is 0 Å². The Balaban J connectivity index is 2.35. The van der Waals surface area contributed by atoms with Crippen molar-refractivity contribution in [2.45, 2.75) is 19.8 Å². The van der Waals surface area contributed by atoms with Crippen molar-refractivity contribution in [1.29, 1.82) is 0 Å². The van der Waals surface area contributed by atoms with E-state index >= 15 is 0 Å². The summed E-state index contributed by atoms with van der Waals surface area (Å²) in [4.78, 5) is 13.3. The molecule has 0 aliphatic carbocycles. The topological polar surface area (TPSA) is 49.4 Å². The van der Waals surface area contributed by atoms with Gasteiger partial charge in [-0.2, -0.15) is 0 Å². The third-order valence-corrected chi connectivity index (χ3v) is 3.58. The number of carbonyl (C=O) groups is 1. The van der Waals surface area contributed by atoms with Gasteiger partial charge in [0, 0.05) is 41.9 Å². The Labute approximate surface area is 87.5 Å². The molecule has 0 bridgehead atoms. The van der Waals surface area contributed by atoms with Crippen LogP contribution in [0.4, 0.5) is 4.79 Å². The van der Waals surface area contributed by atoms with Gasteiger partial charge in [-0.05, 0) is 12.8 Å². The first-order valence-corrected chi connectivity index (χ1v) is 6.60. The van der Waals surface area contributed by atoms with Gasteiger partial charge in [-0.25, -0.2) is 4.79 Å². The standard InChI is InChI=1S/C9H18N2O2S/c1-2-4-10-9(12)11-5-3-7-14(13)8-6-11/h2-8H2,1H3,(H,10,12). The maximum Gasteiger partial charge on any atom is 0.317 e. The van der Waals surface area contributed by atoms with Crippen molar-refractivity contribution < 1.29 is 9.00 Å². The van der Waals surface area contributed by atoms with Crippen LogP contribution < -0.4 is 5.32 Å². The second-order valence-corrected chi connectivity index (χ2v) is 5.12. The third-order valence-electron chi connectivity index (χ3n) is 2.20.